The first-order valence-electron chi connectivity index (χ1n) is 7.77. The number of hydrogen-bond donors (Lipinski definition) is 1. The number of carbonyl (C=O) groups excluding carboxylic acids is 2. The molecule has 0 spiro atoms. The number of likely N-dealkylation sites (tertiary alicyclic amines) is 1. The number of piperidine rings is 1. The Balaban J connectivity index is 1.72. The van der Waals surface area contributed by atoms with E-state index in [0.717, 1.165) is 0 Å². The van der Waals surface area contributed by atoms with Gasteiger partial charge in [0.2, 0.25) is 0 Å². The monoisotopic (exact) mass is 342 g/mol. The van der Waals surface area contributed by atoms with E-state index in [2.05, 4.69) is 5.32 Å². The second kappa shape index (κ2) is 6.33. The largest absolute Gasteiger partial charge is 0.491 e. The Bertz CT molecular complexity index is 652. The average molecular weight is 342 g/mol. The molecule has 1 aromatic rings. The maximum absolute atomic E-state index is 12.7. The van der Waals surface area contributed by atoms with Crippen LogP contribution in [-0.4, -0.2) is 49.1 Å². The second-order valence-corrected chi connectivity index (χ2v) is 5.92. The molecule has 1 saturated heterocycles. The van der Waals surface area contributed by atoms with E-state index in [-0.39, 0.29) is 37.7 Å². The Morgan fingerprint density at radius 2 is 1.96 bits per heavy atom. The van der Waals surface area contributed by atoms with E-state index in [0.29, 0.717) is 30.0 Å². The molecule has 1 N–H and O–H groups in total. The van der Waals surface area contributed by atoms with Gasteiger partial charge < -0.3 is 15.0 Å². The van der Waals surface area contributed by atoms with Crippen LogP contribution in [0.2, 0.25) is 0 Å². The number of amides is 2. The fourth-order valence-corrected chi connectivity index (χ4v) is 2.98. The molecule has 5 nitrogen and oxygen atoms in total. The number of halogens is 3. The zero-order chi connectivity index (χ0) is 17.3. The molecule has 0 saturated carbocycles. The molecule has 3 rings (SSSR count). The minimum absolute atomic E-state index is 0.0709. The third-order valence-electron chi connectivity index (χ3n) is 4.36. The number of nitrogens with zero attached hydrogens (tertiary/aromatic N) is 1. The molecule has 0 unspecified atom stereocenters. The van der Waals surface area contributed by atoms with Gasteiger partial charge >= 0.3 is 6.18 Å². The molecule has 0 radical (unpaired) electrons. The van der Waals surface area contributed by atoms with Gasteiger partial charge in [0.05, 0.1) is 18.0 Å². The van der Waals surface area contributed by atoms with Crippen molar-refractivity contribution in [3.8, 4) is 5.75 Å². The van der Waals surface area contributed by atoms with E-state index in [1.807, 2.05) is 0 Å². The average Bonchev–Trinajstić information content (AvgIpc) is 2.75. The number of ether oxygens (including phenoxy) is 1. The number of nitrogens with one attached hydrogen (secondary N) is 1. The number of carbonyl (C=O) groups is 2. The van der Waals surface area contributed by atoms with Crippen molar-refractivity contribution in [3.63, 3.8) is 0 Å². The van der Waals surface area contributed by atoms with Gasteiger partial charge in [-0.15, -0.1) is 0 Å². The molecule has 24 heavy (non-hydrogen) atoms. The Morgan fingerprint density at radius 1 is 1.25 bits per heavy atom. The molecular formula is C16H17F3N2O3. The summed E-state index contributed by atoms with van der Waals surface area (Å²) in [5, 5.41) is 2.67. The summed E-state index contributed by atoms with van der Waals surface area (Å²) >= 11 is 0. The van der Waals surface area contributed by atoms with E-state index >= 15 is 0 Å². The summed E-state index contributed by atoms with van der Waals surface area (Å²) in [5.74, 6) is -1.64. The summed E-state index contributed by atoms with van der Waals surface area (Å²) < 4.78 is 43.6. The number of alkyl halides is 3. The molecule has 2 amide bonds. The van der Waals surface area contributed by atoms with Gasteiger partial charge in [0.25, 0.3) is 11.8 Å². The van der Waals surface area contributed by atoms with Gasteiger partial charge in [0.15, 0.2) is 0 Å². The highest BCUT2D eigenvalue weighted by atomic mass is 19.4. The van der Waals surface area contributed by atoms with Crippen LogP contribution < -0.4 is 10.1 Å². The van der Waals surface area contributed by atoms with Crippen molar-refractivity contribution in [3.05, 3.63) is 29.3 Å². The maximum atomic E-state index is 12.7. The van der Waals surface area contributed by atoms with Crippen molar-refractivity contribution >= 4 is 11.8 Å². The van der Waals surface area contributed by atoms with Crippen molar-refractivity contribution in [2.75, 3.05) is 26.2 Å². The van der Waals surface area contributed by atoms with Gasteiger partial charge in [0, 0.05) is 18.7 Å². The molecule has 130 valence electrons. The van der Waals surface area contributed by atoms with Gasteiger partial charge in [-0.2, -0.15) is 13.2 Å². The summed E-state index contributed by atoms with van der Waals surface area (Å²) in [4.78, 5) is 25.7. The first kappa shape index (κ1) is 16.6. The van der Waals surface area contributed by atoms with Crippen LogP contribution in [0.5, 0.6) is 5.75 Å². The van der Waals surface area contributed by atoms with E-state index in [9.17, 15) is 22.8 Å². The highest BCUT2D eigenvalue weighted by Gasteiger charge is 2.41. The molecule has 0 atom stereocenters. The Morgan fingerprint density at radius 3 is 2.62 bits per heavy atom. The van der Waals surface area contributed by atoms with Crippen LogP contribution in [0.1, 0.15) is 33.6 Å². The topological polar surface area (TPSA) is 58.6 Å². The third kappa shape index (κ3) is 3.32. The molecule has 2 aliphatic rings. The standard InChI is InChI=1S/C16H17F3N2O3/c17-16(18,19)11-3-6-21(7-4-11)15(23)10-1-2-12-13(9-10)24-8-5-20-14(12)22/h1-2,9,11H,3-8H2,(H,20,22). The molecule has 2 aliphatic heterocycles. The van der Waals surface area contributed by atoms with Crippen LogP contribution in [0.25, 0.3) is 0 Å². The lowest BCUT2D eigenvalue weighted by Gasteiger charge is -2.33. The van der Waals surface area contributed by atoms with Crippen molar-refractivity contribution in [1.29, 1.82) is 0 Å². The molecular weight excluding hydrogens is 325 g/mol. The van der Waals surface area contributed by atoms with Crippen LogP contribution in [0.3, 0.4) is 0 Å². The molecule has 0 aromatic heterocycles. The summed E-state index contributed by atoms with van der Waals surface area (Å²) in [6.45, 7) is 0.817. The quantitative estimate of drug-likeness (QED) is 0.851. The lowest BCUT2D eigenvalue weighted by atomic mass is 9.95. The minimum atomic E-state index is -4.21. The molecule has 0 bridgehead atoms. The van der Waals surface area contributed by atoms with Crippen LogP contribution in [0.4, 0.5) is 13.2 Å². The van der Waals surface area contributed by atoms with E-state index in [1.54, 1.807) is 0 Å². The van der Waals surface area contributed by atoms with Crippen LogP contribution in [-0.2, 0) is 0 Å². The summed E-state index contributed by atoms with van der Waals surface area (Å²) in [7, 11) is 0. The van der Waals surface area contributed by atoms with Crippen molar-refractivity contribution in [1.82, 2.24) is 10.2 Å². The van der Waals surface area contributed by atoms with Crippen LogP contribution >= 0.6 is 0 Å². The highest BCUT2D eigenvalue weighted by Crippen LogP contribution is 2.34. The van der Waals surface area contributed by atoms with Gasteiger partial charge in [-0.3, -0.25) is 9.59 Å². The summed E-state index contributed by atoms with van der Waals surface area (Å²) in [6, 6.07) is 4.50. The highest BCUT2D eigenvalue weighted by molar-refractivity contribution is 6.00. The zero-order valence-electron chi connectivity index (χ0n) is 12.9. The SMILES string of the molecule is O=C1NCCOc2cc(C(=O)N3CCC(C(F)(F)F)CC3)ccc21. The molecule has 2 heterocycles. The smallest absolute Gasteiger partial charge is 0.391 e. The maximum Gasteiger partial charge on any atom is 0.391 e. The van der Waals surface area contributed by atoms with Gasteiger partial charge in [-0.1, -0.05) is 0 Å². The Hall–Kier alpha value is -2.25. The van der Waals surface area contributed by atoms with Gasteiger partial charge in [-0.25, -0.2) is 0 Å². The number of fused-ring (bicyclic) bond motifs is 1. The van der Waals surface area contributed by atoms with Crippen molar-refractivity contribution < 1.29 is 27.5 Å². The Kier molecular flexibility index (Phi) is 4.38. The number of rotatable bonds is 1. The first-order chi connectivity index (χ1) is 11.4. The van der Waals surface area contributed by atoms with Crippen molar-refractivity contribution in [2.24, 2.45) is 5.92 Å². The second-order valence-electron chi connectivity index (χ2n) is 5.92. The number of benzene rings is 1. The van der Waals surface area contributed by atoms with Crippen LogP contribution in [0, 0.1) is 5.92 Å². The Labute approximate surface area is 136 Å². The fraction of sp³-hybridized carbons (Fsp3) is 0.500. The number of hydrogen-bond acceptors (Lipinski definition) is 3. The third-order valence-corrected chi connectivity index (χ3v) is 4.36. The molecule has 8 heteroatoms. The molecule has 1 fully saturated rings. The van der Waals surface area contributed by atoms with Crippen LogP contribution in [0.15, 0.2) is 18.2 Å². The van der Waals surface area contributed by atoms with E-state index in [4.69, 9.17) is 4.74 Å². The lowest BCUT2D eigenvalue weighted by Crippen LogP contribution is -2.42. The van der Waals surface area contributed by atoms with Gasteiger partial charge in [-0.05, 0) is 31.0 Å². The van der Waals surface area contributed by atoms with Crippen molar-refractivity contribution in [2.45, 2.75) is 19.0 Å². The van der Waals surface area contributed by atoms with E-state index in [1.165, 1.54) is 23.1 Å². The summed E-state index contributed by atoms with van der Waals surface area (Å²) in [6.07, 6.45) is -4.38. The zero-order valence-corrected chi connectivity index (χ0v) is 12.9. The minimum Gasteiger partial charge on any atom is -0.491 e. The molecule has 1 aromatic carbocycles. The predicted molar refractivity (Wildman–Crippen MR) is 79.0 cm³/mol. The van der Waals surface area contributed by atoms with Gasteiger partial charge in [0.1, 0.15) is 12.4 Å². The lowest BCUT2D eigenvalue weighted by molar-refractivity contribution is -0.183. The van der Waals surface area contributed by atoms with E-state index < -0.39 is 12.1 Å². The first-order valence-corrected chi connectivity index (χ1v) is 7.77. The fourth-order valence-electron chi connectivity index (χ4n) is 2.98. The predicted octanol–water partition coefficient (Wildman–Crippen LogP) is 2.22. The molecule has 0 aliphatic carbocycles. The normalized spacial score (nSPS) is 19.1. The summed E-state index contributed by atoms with van der Waals surface area (Å²) in [5.41, 5.74) is 0.661.